The second kappa shape index (κ2) is 10.3. The van der Waals surface area contributed by atoms with E-state index in [0.29, 0.717) is 51.2 Å². The Hall–Kier alpha value is -3.04. The lowest BCUT2D eigenvalue weighted by atomic mass is 10.2. The minimum absolute atomic E-state index is 0.0140. The van der Waals surface area contributed by atoms with Crippen molar-refractivity contribution in [2.45, 2.75) is 33.4 Å². The molecule has 8 nitrogen and oxygen atoms in total. The predicted octanol–water partition coefficient (Wildman–Crippen LogP) is 1.93. The highest BCUT2D eigenvalue weighted by Crippen LogP contribution is 2.25. The van der Waals surface area contributed by atoms with Crippen LogP contribution in [-0.2, 0) is 22.7 Å². The first kappa shape index (κ1) is 23.1. The van der Waals surface area contributed by atoms with Crippen LogP contribution in [0.5, 0.6) is 0 Å². The van der Waals surface area contributed by atoms with E-state index in [1.807, 2.05) is 49.1 Å². The van der Waals surface area contributed by atoms with Crippen molar-refractivity contribution in [3.63, 3.8) is 0 Å². The highest BCUT2D eigenvalue weighted by atomic mass is 32.1. The molecule has 174 valence electrons. The molecule has 0 saturated carbocycles. The highest BCUT2D eigenvalue weighted by molar-refractivity contribution is 7.18. The average Bonchev–Trinajstić information content (AvgIpc) is 3.12. The van der Waals surface area contributed by atoms with Crippen molar-refractivity contribution in [1.82, 2.24) is 24.7 Å². The van der Waals surface area contributed by atoms with Crippen LogP contribution in [0, 0.1) is 13.8 Å². The van der Waals surface area contributed by atoms with Gasteiger partial charge in [0.15, 0.2) is 0 Å². The fourth-order valence-corrected chi connectivity index (χ4v) is 5.00. The van der Waals surface area contributed by atoms with Crippen LogP contribution in [0.1, 0.15) is 22.4 Å². The van der Waals surface area contributed by atoms with Gasteiger partial charge in [0.05, 0.1) is 18.3 Å². The molecule has 4 rings (SSSR count). The Bertz CT molecular complexity index is 1200. The molecule has 1 N–H and O–H groups in total. The Balaban J connectivity index is 1.23. The summed E-state index contributed by atoms with van der Waals surface area (Å²) in [6.45, 7) is 7.57. The first-order chi connectivity index (χ1) is 15.9. The fraction of sp³-hybridized carbons (Fsp3) is 0.417. The van der Waals surface area contributed by atoms with Gasteiger partial charge in [0, 0.05) is 50.6 Å². The van der Waals surface area contributed by atoms with Gasteiger partial charge in [0.25, 0.3) is 5.56 Å². The smallest absolute Gasteiger partial charge is 0.262 e. The van der Waals surface area contributed by atoms with Crippen LogP contribution in [0.25, 0.3) is 10.2 Å². The van der Waals surface area contributed by atoms with Gasteiger partial charge >= 0.3 is 0 Å². The van der Waals surface area contributed by atoms with Crippen molar-refractivity contribution in [1.29, 1.82) is 0 Å². The molecule has 0 atom stereocenters. The van der Waals surface area contributed by atoms with Gasteiger partial charge in [0.2, 0.25) is 11.8 Å². The van der Waals surface area contributed by atoms with Gasteiger partial charge in [-0.1, -0.05) is 30.3 Å². The molecule has 1 aliphatic heterocycles. The van der Waals surface area contributed by atoms with Gasteiger partial charge < -0.3 is 10.2 Å². The van der Waals surface area contributed by atoms with Crippen molar-refractivity contribution in [2.24, 2.45) is 0 Å². The Labute approximate surface area is 196 Å². The molecule has 0 unspecified atom stereocenters. The summed E-state index contributed by atoms with van der Waals surface area (Å²) in [7, 11) is 0. The SMILES string of the molecule is Cc1sc2ncn(CCC(=O)N3CCN(CC(=O)NCc4ccccc4)CC3)c(=O)c2c1C. The van der Waals surface area contributed by atoms with Crippen LogP contribution in [-0.4, -0.2) is 63.9 Å². The maximum absolute atomic E-state index is 12.8. The first-order valence-electron chi connectivity index (χ1n) is 11.2. The summed E-state index contributed by atoms with van der Waals surface area (Å²) in [4.78, 5) is 47.9. The maximum atomic E-state index is 12.8. The van der Waals surface area contributed by atoms with Crippen LogP contribution in [0.2, 0.25) is 0 Å². The number of nitrogens with one attached hydrogen (secondary N) is 1. The number of thiophene rings is 1. The van der Waals surface area contributed by atoms with Crippen molar-refractivity contribution in [3.8, 4) is 0 Å². The average molecular weight is 468 g/mol. The number of piperazine rings is 1. The summed E-state index contributed by atoms with van der Waals surface area (Å²) >= 11 is 1.52. The summed E-state index contributed by atoms with van der Waals surface area (Å²) in [5.41, 5.74) is 1.96. The number of hydrogen-bond acceptors (Lipinski definition) is 6. The summed E-state index contributed by atoms with van der Waals surface area (Å²) < 4.78 is 1.53. The van der Waals surface area contributed by atoms with Crippen LogP contribution in [0.15, 0.2) is 41.5 Å². The molecular formula is C24H29N5O3S. The van der Waals surface area contributed by atoms with Crippen molar-refractivity contribution >= 4 is 33.4 Å². The molecule has 1 fully saturated rings. The Morgan fingerprint density at radius 3 is 2.55 bits per heavy atom. The van der Waals surface area contributed by atoms with Gasteiger partial charge in [-0.2, -0.15) is 0 Å². The van der Waals surface area contributed by atoms with E-state index in [0.717, 1.165) is 20.8 Å². The van der Waals surface area contributed by atoms with Gasteiger partial charge in [0.1, 0.15) is 4.83 Å². The number of hydrogen-bond donors (Lipinski definition) is 1. The number of benzene rings is 1. The summed E-state index contributed by atoms with van der Waals surface area (Å²) in [6, 6.07) is 9.82. The molecule has 0 radical (unpaired) electrons. The lowest BCUT2D eigenvalue weighted by molar-refractivity contribution is -0.133. The standard InChI is InChI=1S/C24H29N5O3S/c1-17-18(2)33-23-22(17)24(32)29(16-26-23)9-8-21(31)28-12-10-27(11-13-28)15-20(30)25-14-19-6-4-3-5-7-19/h3-7,16H,8-15H2,1-2H3,(H,25,30). The summed E-state index contributed by atoms with van der Waals surface area (Å²) in [5.74, 6) is 0.00764. The first-order valence-corrected chi connectivity index (χ1v) is 12.0. The van der Waals surface area contributed by atoms with E-state index >= 15 is 0 Å². The zero-order valence-electron chi connectivity index (χ0n) is 19.0. The highest BCUT2D eigenvalue weighted by Gasteiger charge is 2.22. The number of rotatable bonds is 7. The summed E-state index contributed by atoms with van der Waals surface area (Å²) in [6.07, 6.45) is 1.80. The zero-order chi connectivity index (χ0) is 23.4. The van der Waals surface area contributed by atoms with E-state index in [4.69, 9.17) is 0 Å². The third kappa shape index (κ3) is 5.48. The Morgan fingerprint density at radius 1 is 1.09 bits per heavy atom. The number of aryl methyl sites for hydroxylation is 3. The largest absolute Gasteiger partial charge is 0.351 e. The molecule has 1 aromatic carbocycles. The number of nitrogens with zero attached hydrogens (tertiary/aromatic N) is 4. The van der Waals surface area contributed by atoms with Gasteiger partial charge in [-0.15, -0.1) is 11.3 Å². The third-order valence-corrected chi connectivity index (χ3v) is 7.26. The van der Waals surface area contributed by atoms with Crippen LogP contribution in [0.3, 0.4) is 0 Å². The molecule has 1 aliphatic rings. The van der Waals surface area contributed by atoms with E-state index in [1.54, 1.807) is 6.33 Å². The van der Waals surface area contributed by atoms with E-state index < -0.39 is 0 Å². The number of amides is 2. The molecular weight excluding hydrogens is 438 g/mol. The topological polar surface area (TPSA) is 87.5 Å². The molecule has 1 saturated heterocycles. The Morgan fingerprint density at radius 2 is 1.82 bits per heavy atom. The quantitative estimate of drug-likeness (QED) is 0.574. The maximum Gasteiger partial charge on any atom is 0.262 e. The van der Waals surface area contributed by atoms with Gasteiger partial charge in [-0.25, -0.2) is 4.98 Å². The minimum atomic E-state index is -0.0824. The molecule has 0 spiro atoms. The van der Waals surface area contributed by atoms with Crippen LogP contribution < -0.4 is 10.9 Å². The lowest BCUT2D eigenvalue weighted by Crippen LogP contribution is -2.51. The molecule has 33 heavy (non-hydrogen) atoms. The molecule has 9 heteroatoms. The number of aromatic nitrogens is 2. The van der Waals surface area contributed by atoms with Crippen LogP contribution >= 0.6 is 11.3 Å². The zero-order valence-corrected chi connectivity index (χ0v) is 19.9. The molecule has 3 heterocycles. The van der Waals surface area contributed by atoms with E-state index in [1.165, 1.54) is 15.9 Å². The summed E-state index contributed by atoms with van der Waals surface area (Å²) in [5, 5.41) is 3.60. The second-order valence-electron chi connectivity index (χ2n) is 8.38. The normalized spacial score (nSPS) is 14.5. The third-order valence-electron chi connectivity index (χ3n) is 6.15. The minimum Gasteiger partial charge on any atom is -0.351 e. The van der Waals surface area contributed by atoms with E-state index in [9.17, 15) is 14.4 Å². The Kier molecular flexibility index (Phi) is 7.20. The number of fused-ring (bicyclic) bond motifs is 1. The molecule has 3 aromatic rings. The molecule has 0 aliphatic carbocycles. The monoisotopic (exact) mass is 467 g/mol. The van der Waals surface area contributed by atoms with Crippen LogP contribution in [0.4, 0.5) is 0 Å². The molecule has 2 amide bonds. The molecule has 2 aromatic heterocycles. The van der Waals surface area contributed by atoms with Crippen molar-refractivity contribution in [2.75, 3.05) is 32.7 Å². The van der Waals surface area contributed by atoms with E-state index in [-0.39, 0.29) is 23.8 Å². The number of carbonyl (C=O) groups excluding carboxylic acids is 2. The van der Waals surface area contributed by atoms with Crippen molar-refractivity contribution < 1.29 is 9.59 Å². The number of carbonyl (C=O) groups is 2. The van der Waals surface area contributed by atoms with Gasteiger partial charge in [-0.3, -0.25) is 23.9 Å². The van der Waals surface area contributed by atoms with E-state index in [2.05, 4.69) is 15.2 Å². The fourth-order valence-electron chi connectivity index (χ4n) is 4.01. The molecule has 0 bridgehead atoms. The predicted molar refractivity (Wildman–Crippen MR) is 129 cm³/mol. The van der Waals surface area contributed by atoms with Crippen molar-refractivity contribution in [3.05, 3.63) is 63.0 Å². The second-order valence-corrected chi connectivity index (χ2v) is 9.58. The van der Waals surface area contributed by atoms with Gasteiger partial charge in [-0.05, 0) is 25.0 Å². The lowest BCUT2D eigenvalue weighted by Gasteiger charge is -2.34.